The molecule has 21 heavy (non-hydrogen) atoms. The standard InChI is InChI=1S/C17H26O3S/c18-15-11-6-4-2-1-3-5-7-12-16-21(19,20)17-13-9-8-10-14-17/h8-10,12-14,16,18H,1-7,11,15H2/b16-12+. The predicted molar refractivity (Wildman–Crippen MR) is 86.8 cm³/mol. The van der Waals surface area contributed by atoms with Gasteiger partial charge in [-0.3, -0.25) is 0 Å². The van der Waals surface area contributed by atoms with E-state index in [0.717, 1.165) is 32.1 Å². The van der Waals surface area contributed by atoms with Gasteiger partial charge < -0.3 is 5.11 Å². The van der Waals surface area contributed by atoms with Crippen LogP contribution in [-0.4, -0.2) is 20.1 Å². The van der Waals surface area contributed by atoms with Crippen LogP contribution in [0.5, 0.6) is 0 Å². The van der Waals surface area contributed by atoms with Crippen molar-refractivity contribution in [2.45, 2.75) is 56.3 Å². The Morgan fingerprint density at radius 1 is 0.857 bits per heavy atom. The highest BCUT2D eigenvalue weighted by Gasteiger charge is 2.07. The summed E-state index contributed by atoms with van der Waals surface area (Å²) in [5.41, 5.74) is 0. The fourth-order valence-electron chi connectivity index (χ4n) is 2.14. The summed E-state index contributed by atoms with van der Waals surface area (Å²) < 4.78 is 23.9. The third-order valence-corrected chi connectivity index (χ3v) is 4.86. The molecule has 0 aliphatic carbocycles. The Balaban J connectivity index is 2.15. The minimum Gasteiger partial charge on any atom is -0.396 e. The lowest BCUT2D eigenvalue weighted by molar-refractivity contribution is 0.282. The zero-order valence-electron chi connectivity index (χ0n) is 12.6. The molecule has 0 aliphatic rings. The molecule has 0 radical (unpaired) electrons. The number of sulfone groups is 1. The van der Waals surface area contributed by atoms with Gasteiger partial charge in [-0.15, -0.1) is 0 Å². The molecule has 1 rings (SSSR count). The van der Waals surface area contributed by atoms with E-state index in [1.165, 1.54) is 24.7 Å². The van der Waals surface area contributed by atoms with E-state index < -0.39 is 9.84 Å². The zero-order chi connectivity index (χ0) is 15.4. The maximum atomic E-state index is 12.0. The second-order valence-electron chi connectivity index (χ2n) is 5.22. The average Bonchev–Trinajstić information content (AvgIpc) is 2.50. The summed E-state index contributed by atoms with van der Waals surface area (Å²) in [4.78, 5) is 0.352. The lowest BCUT2D eigenvalue weighted by Gasteiger charge is -2.00. The van der Waals surface area contributed by atoms with Crippen molar-refractivity contribution in [1.29, 1.82) is 0 Å². The molecule has 1 aromatic carbocycles. The third kappa shape index (κ3) is 8.02. The number of benzene rings is 1. The Kier molecular flexibility index (Phi) is 9.02. The first-order chi connectivity index (χ1) is 10.2. The van der Waals surface area contributed by atoms with Gasteiger partial charge in [-0.2, -0.15) is 0 Å². The van der Waals surface area contributed by atoms with Crippen LogP contribution in [0.15, 0.2) is 46.7 Å². The molecule has 0 saturated carbocycles. The van der Waals surface area contributed by atoms with E-state index in [1.54, 1.807) is 30.3 Å². The topological polar surface area (TPSA) is 54.4 Å². The van der Waals surface area contributed by atoms with Gasteiger partial charge >= 0.3 is 0 Å². The Morgan fingerprint density at radius 2 is 1.43 bits per heavy atom. The summed E-state index contributed by atoms with van der Waals surface area (Å²) in [6.45, 7) is 0.292. The third-order valence-electron chi connectivity index (χ3n) is 3.38. The Bertz CT molecular complexity index is 492. The van der Waals surface area contributed by atoms with Crippen LogP contribution in [0.2, 0.25) is 0 Å². The molecule has 0 atom stereocenters. The van der Waals surface area contributed by atoms with Crippen molar-refractivity contribution in [3.63, 3.8) is 0 Å². The molecular weight excluding hydrogens is 284 g/mol. The van der Waals surface area contributed by atoms with Crippen molar-refractivity contribution in [1.82, 2.24) is 0 Å². The van der Waals surface area contributed by atoms with E-state index in [9.17, 15) is 8.42 Å². The van der Waals surface area contributed by atoms with Gasteiger partial charge in [-0.25, -0.2) is 8.42 Å². The number of unbranched alkanes of at least 4 members (excludes halogenated alkanes) is 7. The minimum absolute atomic E-state index is 0.292. The van der Waals surface area contributed by atoms with E-state index >= 15 is 0 Å². The smallest absolute Gasteiger partial charge is 0.199 e. The van der Waals surface area contributed by atoms with Crippen LogP contribution >= 0.6 is 0 Å². The van der Waals surface area contributed by atoms with E-state index in [-0.39, 0.29) is 0 Å². The molecule has 0 unspecified atom stereocenters. The van der Waals surface area contributed by atoms with E-state index in [2.05, 4.69) is 0 Å². The van der Waals surface area contributed by atoms with Gasteiger partial charge in [-0.05, 0) is 31.4 Å². The van der Waals surface area contributed by atoms with Gasteiger partial charge in [0.25, 0.3) is 0 Å². The molecule has 0 spiro atoms. The Labute approximate surface area is 128 Å². The summed E-state index contributed by atoms with van der Waals surface area (Å²) in [6.07, 6.45) is 10.3. The maximum Gasteiger partial charge on any atom is 0.199 e. The lowest BCUT2D eigenvalue weighted by atomic mass is 10.1. The average molecular weight is 310 g/mol. The zero-order valence-corrected chi connectivity index (χ0v) is 13.4. The summed E-state index contributed by atoms with van der Waals surface area (Å²) in [5, 5.41) is 9.98. The first-order valence-electron chi connectivity index (χ1n) is 7.74. The fraction of sp³-hybridized carbons (Fsp3) is 0.529. The summed E-state index contributed by atoms with van der Waals surface area (Å²) in [6, 6.07) is 8.51. The van der Waals surface area contributed by atoms with Crippen LogP contribution in [-0.2, 0) is 9.84 Å². The van der Waals surface area contributed by atoms with E-state index in [0.29, 0.717) is 11.5 Å². The normalized spacial score (nSPS) is 12.0. The second-order valence-corrected chi connectivity index (χ2v) is 7.05. The SMILES string of the molecule is O=S(=O)(/C=C/CCCCCCCCCO)c1ccccc1. The fourth-order valence-corrected chi connectivity index (χ4v) is 3.22. The van der Waals surface area contributed by atoms with Crippen LogP contribution in [0.1, 0.15) is 51.4 Å². The highest BCUT2D eigenvalue weighted by Crippen LogP contribution is 2.13. The molecule has 118 valence electrons. The number of rotatable bonds is 11. The number of hydrogen-bond acceptors (Lipinski definition) is 3. The number of hydrogen-bond donors (Lipinski definition) is 1. The van der Waals surface area contributed by atoms with Crippen molar-refractivity contribution in [3.8, 4) is 0 Å². The molecule has 0 amide bonds. The largest absolute Gasteiger partial charge is 0.396 e. The van der Waals surface area contributed by atoms with Crippen LogP contribution in [0.3, 0.4) is 0 Å². The van der Waals surface area contributed by atoms with Crippen molar-refractivity contribution in [2.24, 2.45) is 0 Å². The molecular formula is C17H26O3S. The molecule has 0 saturated heterocycles. The van der Waals surface area contributed by atoms with Crippen molar-refractivity contribution >= 4 is 9.84 Å². The van der Waals surface area contributed by atoms with Crippen molar-refractivity contribution < 1.29 is 13.5 Å². The first kappa shape index (κ1) is 17.9. The minimum atomic E-state index is -3.27. The van der Waals surface area contributed by atoms with E-state index in [1.807, 2.05) is 6.07 Å². The summed E-state index contributed by atoms with van der Waals surface area (Å²) in [5.74, 6) is 0. The van der Waals surface area contributed by atoms with Gasteiger partial charge in [-0.1, -0.05) is 56.4 Å². The molecule has 0 aliphatic heterocycles. The molecule has 0 bridgehead atoms. The monoisotopic (exact) mass is 310 g/mol. The van der Waals surface area contributed by atoms with Crippen molar-refractivity contribution in [3.05, 3.63) is 41.8 Å². The number of aliphatic hydroxyl groups is 1. The Hall–Kier alpha value is -1.13. The molecule has 1 aromatic rings. The van der Waals surface area contributed by atoms with Crippen LogP contribution in [0, 0.1) is 0 Å². The van der Waals surface area contributed by atoms with Gasteiger partial charge in [0, 0.05) is 12.0 Å². The van der Waals surface area contributed by atoms with Crippen LogP contribution in [0.4, 0.5) is 0 Å². The van der Waals surface area contributed by atoms with Crippen molar-refractivity contribution in [2.75, 3.05) is 6.61 Å². The second kappa shape index (κ2) is 10.6. The highest BCUT2D eigenvalue weighted by atomic mass is 32.2. The first-order valence-corrected chi connectivity index (χ1v) is 9.29. The molecule has 1 N–H and O–H groups in total. The Morgan fingerprint density at radius 3 is 2.05 bits per heavy atom. The lowest BCUT2D eigenvalue weighted by Crippen LogP contribution is -1.95. The summed E-state index contributed by atoms with van der Waals surface area (Å²) in [7, 11) is -3.27. The molecule has 4 heteroatoms. The highest BCUT2D eigenvalue weighted by molar-refractivity contribution is 7.94. The molecule has 0 heterocycles. The summed E-state index contributed by atoms with van der Waals surface area (Å²) >= 11 is 0. The van der Waals surface area contributed by atoms with Gasteiger partial charge in [0.15, 0.2) is 9.84 Å². The molecule has 3 nitrogen and oxygen atoms in total. The van der Waals surface area contributed by atoms with Gasteiger partial charge in [0.05, 0.1) is 4.90 Å². The van der Waals surface area contributed by atoms with Crippen LogP contribution in [0.25, 0.3) is 0 Å². The molecule has 0 aromatic heterocycles. The van der Waals surface area contributed by atoms with Gasteiger partial charge in [0.2, 0.25) is 0 Å². The number of aliphatic hydroxyl groups excluding tert-OH is 1. The van der Waals surface area contributed by atoms with Gasteiger partial charge in [0.1, 0.15) is 0 Å². The predicted octanol–water partition coefficient (Wildman–Crippen LogP) is 4.09. The molecule has 0 fully saturated rings. The van der Waals surface area contributed by atoms with Crippen LogP contribution < -0.4 is 0 Å². The maximum absolute atomic E-state index is 12.0. The number of allylic oxidation sites excluding steroid dienone is 1. The van der Waals surface area contributed by atoms with E-state index in [4.69, 9.17) is 5.11 Å². The quantitative estimate of drug-likeness (QED) is 0.626.